The van der Waals surface area contributed by atoms with Crippen LogP contribution in [-0.2, 0) is 16.2 Å². The molecule has 168 valence electrons. The van der Waals surface area contributed by atoms with Gasteiger partial charge in [0.25, 0.3) is 21.5 Å². The topological polar surface area (TPSA) is 103 Å². The van der Waals surface area contributed by atoms with Crippen molar-refractivity contribution < 1.29 is 31.4 Å². The number of nitrogens with one attached hydrogen (secondary N) is 2. The summed E-state index contributed by atoms with van der Waals surface area (Å²) in [7, 11) is -4.58. The molecule has 0 spiro atoms. The van der Waals surface area contributed by atoms with Crippen molar-refractivity contribution in [2.75, 3.05) is 10.5 Å². The van der Waals surface area contributed by atoms with Crippen LogP contribution in [0, 0.1) is 0 Å². The van der Waals surface area contributed by atoms with Gasteiger partial charge in [-0.05, 0) is 42.5 Å². The fourth-order valence-corrected chi connectivity index (χ4v) is 4.36. The molecule has 0 unspecified atom stereocenters. The van der Waals surface area contributed by atoms with E-state index in [0.717, 1.165) is 18.2 Å². The Morgan fingerprint density at radius 1 is 1.00 bits per heavy atom. The minimum Gasteiger partial charge on any atom is -0.399 e. The third-order valence-corrected chi connectivity index (χ3v) is 6.41. The lowest BCUT2D eigenvalue weighted by Gasteiger charge is -2.13. The molecule has 0 aliphatic carbocycles. The number of benzene rings is 2. The lowest BCUT2D eigenvalue weighted by molar-refractivity contribution is -0.380. The van der Waals surface area contributed by atoms with E-state index in [4.69, 9.17) is 40.5 Å². The number of rotatable bonds is 5. The maximum Gasteiger partial charge on any atom is 0.417 e. The third kappa shape index (κ3) is 5.09. The van der Waals surface area contributed by atoms with E-state index in [-0.39, 0.29) is 32.7 Å². The number of hydrogen-bond donors (Lipinski definition) is 2. The monoisotopic (exact) mass is 524 g/mol. The van der Waals surface area contributed by atoms with Crippen LogP contribution in [0.4, 0.5) is 24.5 Å². The summed E-state index contributed by atoms with van der Waals surface area (Å²) in [5.41, 5.74) is 3.97. The summed E-state index contributed by atoms with van der Waals surface area (Å²) in [4.78, 5) is 14.8. The van der Waals surface area contributed by atoms with Crippen LogP contribution in [0.3, 0.4) is 0 Å². The number of ketones is 1. The van der Waals surface area contributed by atoms with Gasteiger partial charge in [0.1, 0.15) is 10.7 Å². The number of hydrogen-bond acceptors (Lipinski definition) is 4. The number of anilines is 2. The van der Waals surface area contributed by atoms with Crippen LogP contribution >= 0.6 is 34.8 Å². The van der Waals surface area contributed by atoms with Crippen molar-refractivity contribution in [3.8, 4) is 0 Å². The summed E-state index contributed by atoms with van der Waals surface area (Å²) in [5, 5.41) is -0.599. The summed E-state index contributed by atoms with van der Waals surface area (Å²) in [5.74, 6) is -0.733. The second-order valence-electron chi connectivity index (χ2n) is 6.42. The van der Waals surface area contributed by atoms with E-state index in [1.807, 2.05) is 0 Å². The number of H-pyrrole nitrogens is 1. The number of aromatic nitrogens is 1. The molecule has 0 bridgehead atoms. The molecule has 0 saturated carbocycles. The second kappa shape index (κ2) is 8.78. The lowest BCUT2D eigenvalue weighted by Crippen LogP contribution is -2.24. The number of nitrogen functional groups attached to an aromatic ring is 1. The maximum atomic E-state index is 13.1. The summed E-state index contributed by atoms with van der Waals surface area (Å²) < 4.78 is 67.1. The van der Waals surface area contributed by atoms with Crippen LogP contribution in [0.15, 0.2) is 53.6 Å². The van der Waals surface area contributed by atoms with Gasteiger partial charge < -0.3 is 5.73 Å². The molecule has 3 aromatic rings. The molecule has 0 fully saturated rings. The standard InChI is InChI=1S/C19H11Cl3F3N3O3S/c20-9-5-16(17(27-8-9)18(29)12-6-10(26)1-3-14(12)21)28-32(30,31)11-2-4-15(22)13(7-11)19(23,24)25/h1-8,28H,26H2/p+1. The van der Waals surface area contributed by atoms with Crippen LogP contribution < -0.4 is 15.4 Å². The Bertz CT molecular complexity index is 1330. The van der Waals surface area contributed by atoms with Crippen LogP contribution in [-0.4, -0.2) is 14.2 Å². The first-order valence-electron chi connectivity index (χ1n) is 8.50. The number of carbonyl (C=O) groups excluding carboxylic acids is 1. The molecule has 0 amide bonds. The quantitative estimate of drug-likeness (QED) is 0.357. The molecule has 6 nitrogen and oxygen atoms in total. The van der Waals surface area contributed by atoms with Gasteiger partial charge in [0.05, 0.1) is 20.5 Å². The molecule has 32 heavy (non-hydrogen) atoms. The summed E-state index contributed by atoms with van der Waals surface area (Å²) in [6.45, 7) is 0. The largest absolute Gasteiger partial charge is 0.417 e. The predicted octanol–water partition coefficient (Wildman–Crippen LogP) is 5.09. The van der Waals surface area contributed by atoms with Gasteiger partial charge in [-0.25, -0.2) is 13.4 Å². The molecule has 0 aliphatic rings. The SMILES string of the molecule is Nc1ccc(Cl)c(C(=O)c2[nH+]cc(Cl)cc2NS(=O)(=O)c2ccc(Cl)c(C(F)(F)F)c2)c1. The molecule has 4 N–H and O–H groups in total. The van der Waals surface area contributed by atoms with Crippen molar-refractivity contribution in [2.24, 2.45) is 0 Å². The van der Waals surface area contributed by atoms with E-state index in [2.05, 4.69) is 9.71 Å². The van der Waals surface area contributed by atoms with E-state index in [0.29, 0.717) is 6.07 Å². The van der Waals surface area contributed by atoms with Gasteiger partial charge in [0, 0.05) is 11.3 Å². The summed E-state index contributed by atoms with van der Waals surface area (Å²) in [6, 6.07) is 7.34. The fourth-order valence-electron chi connectivity index (χ4n) is 2.68. The number of alkyl halides is 3. The molecular formula is C19H12Cl3F3N3O3S+. The van der Waals surface area contributed by atoms with Crippen LogP contribution in [0.2, 0.25) is 15.1 Å². The second-order valence-corrected chi connectivity index (χ2v) is 9.35. The summed E-state index contributed by atoms with van der Waals surface area (Å²) >= 11 is 17.5. The van der Waals surface area contributed by atoms with Crippen molar-refractivity contribution in [1.82, 2.24) is 0 Å². The third-order valence-electron chi connectivity index (χ3n) is 4.17. The first kappa shape index (κ1) is 24.1. The molecule has 3 rings (SSSR count). The highest BCUT2D eigenvalue weighted by molar-refractivity contribution is 7.92. The Morgan fingerprint density at radius 2 is 1.66 bits per heavy atom. The molecule has 0 atom stereocenters. The van der Waals surface area contributed by atoms with Gasteiger partial charge in [-0.15, -0.1) is 0 Å². The van der Waals surface area contributed by atoms with Gasteiger partial charge in [0.2, 0.25) is 0 Å². The van der Waals surface area contributed by atoms with Crippen molar-refractivity contribution in [3.05, 3.63) is 80.6 Å². The van der Waals surface area contributed by atoms with E-state index < -0.39 is 37.5 Å². The Kier molecular flexibility index (Phi) is 6.62. The predicted molar refractivity (Wildman–Crippen MR) is 115 cm³/mol. The molecule has 1 aromatic heterocycles. The van der Waals surface area contributed by atoms with Crippen LogP contribution in [0.1, 0.15) is 21.6 Å². The van der Waals surface area contributed by atoms with E-state index in [1.54, 1.807) is 0 Å². The average Bonchev–Trinajstić information content (AvgIpc) is 2.68. The van der Waals surface area contributed by atoms with Gasteiger partial charge in [-0.3, -0.25) is 9.52 Å². The van der Waals surface area contributed by atoms with Gasteiger partial charge in [-0.1, -0.05) is 34.8 Å². The molecular weight excluding hydrogens is 514 g/mol. The molecule has 0 aliphatic heterocycles. The molecule has 0 saturated heterocycles. The Hall–Kier alpha value is -2.53. The molecule has 1 heterocycles. The highest BCUT2D eigenvalue weighted by atomic mass is 35.5. The zero-order valence-electron chi connectivity index (χ0n) is 15.6. The molecule has 2 aromatic carbocycles. The highest BCUT2D eigenvalue weighted by Crippen LogP contribution is 2.36. The number of sulfonamides is 1. The molecule has 13 heteroatoms. The number of nitrogens with two attached hydrogens (primary N) is 1. The first-order chi connectivity index (χ1) is 14.8. The van der Waals surface area contributed by atoms with Gasteiger partial charge in [-0.2, -0.15) is 13.2 Å². The smallest absolute Gasteiger partial charge is 0.399 e. The van der Waals surface area contributed by atoms with Crippen LogP contribution in [0.25, 0.3) is 0 Å². The zero-order valence-corrected chi connectivity index (χ0v) is 18.7. The number of aromatic amines is 1. The summed E-state index contributed by atoms with van der Waals surface area (Å²) in [6.07, 6.45) is -3.66. The number of halogens is 6. The Morgan fingerprint density at radius 3 is 2.31 bits per heavy atom. The maximum absolute atomic E-state index is 13.1. The van der Waals surface area contributed by atoms with Crippen molar-refractivity contribution in [3.63, 3.8) is 0 Å². The van der Waals surface area contributed by atoms with E-state index >= 15 is 0 Å². The van der Waals surface area contributed by atoms with Crippen molar-refractivity contribution >= 4 is 62.0 Å². The normalized spacial score (nSPS) is 11.9. The van der Waals surface area contributed by atoms with E-state index in [1.165, 1.54) is 24.4 Å². The number of carbonyl (C=O) groups is 1. The highest BCUT2D eigenvalue weighted by Gasteiger charge is 2.35. The number of pyridine rings is 1. The Balaban J connectivity index is 2.07. The average molecular weight is 526 g/mol. The van der Waals surface area contributed by atoms with Crippen LogP contribution in [0.5, 0.6) is 0 Å². The van der Waals surface area contributed by atoms with Gasteiger partial charge in [0.15, 0.2) is 6.20 Å². The lowest BCUT2D eigenvalue weighted by atomic mass is 10.1. The minimum absolute atomic E-state index is 0.0185. The minimum atomic E-state index is -4.88. The van der Waals surface area contributed by atoms with E-state index in [9.17, 15) is 26.4 Å². The van der Waals surface area contributed by atoms with Gasteiger partial charge >= 0.3 is 6.18 Å². The zero-order chi connectivity index (χ0) is 23.8. The molecule has 0 radical (unpaired) electrons. The van der Waals surface area contributed by atoms with Crippen molar-refractivity contribution in [1.29, 1.82) is 0 Å². The fraction of sp³-hybridized carbons (Fsp3) is 0.0526. The Labute approximate surface area is 195 Å². The first-order valence-corrected chi connectivity index (χ1v) is 11.1. The van der Waals surface area contributed by atoms with Crippen molar-refractivity contribution in [2.45, 2.75) is 11.1 Å².